The molecule has 2 heterocycles. The maximum atomic E-state index is 5.53. The van der Waals surface area contributed by atoms with Crippen molar-refractivity contribution in [3.63, 3.8) is 0 Å². The molecule has 0 aromatic carbocycles. The molecule has 0 saturated carbocycles. The molecule has 1 aliphatic rings. The number of likely N-dealkylation sites (N-methyl/N-ethyl adjacent to an activating group) is 1. The van der Waals surface area contributed by atoms with Crippen LogP contribution in [-0.2, 0) is 6.42 Å². The van der Waals surface area contributed by atoms with Crippen molar-refractivity contribution in [1.29, 1.82) is 0 Å². The van der Waals surface area contributed by atoms with Crippen LogP contribution in [0.5, 0.6) is 0 Å². The molecule has 100 valence electrons. The standard InChI is InChI=1S/C12H22N6/c1-3-4-10-11(16-13)14-9-15-12(10)18-7-5-17(2)6-8-18/h9H,3-8,13H2,1-2H3,(H,14,15,16). The summed E-state index contributed by atoms with van der Waals surface area (Å²) in [6.07, 6.45) is 3.59. The van der Waals surface area contributed by atoms with E-state index >= 15 is 0 Å². The van der Waals surface area contributed by atoms with Crippen LogP contribution in [0.2, 0.25) is 0 Å². The Morgan fingerprint density at radius 1 is 1.28 bits per heavy atom. The van der Waals surface area contributed by atoms with E-state index < -0.39 is 0 Å². The Morgan fingerprint density at radius 3 is 2.61 bits per heavy atom. The quantitative estimate of drug-likeness (QED) is 0.598. The summed E-state index contributed by atoms with van der Waals surface area (Å²) in [7, 11) is 2.15. The fraction of sp³-hybridized carbons (Fsp3) is 0.667. The number of hydrazine groups is 1. The molecule has 18 heavy (non-hydrogen) atoms. The number of nitrogen functional groups attached to an aromatic ring is 1. The highest BCUT2D eigenvalue weighted by Crippen LogP contribution is 2.25. The summed E-state index contributed by atoms with van der Waals surface area (Å²) < 4.78 is 0. The van der Waals surface area contributed by atoms with Crippen LogP contribution < -0.4 is 16.2 Å². The third kappa shape index (κ3) is 2.70. The van der Waals surface area contributed by atoms with Gasteiger partial charge in [-0.25, -0.2) is 15.8 Å². The summed E-state index contributed by atoms with van der Waals surface area (Å²) in [6, 6.07) is 0. The maximum Gasteiger partial charge on any atom is 0.148 e. The first-order chi connectivity index (χ1) is 8.76. The molecule has 1 aliphatic heterocycles. The topological polar surface area (TPSA) is 70.3 Å². The minimum absolute atomic E-state index is 0.751. The first-order valence-corrected chi connectivity index (χ1v) is 6.50. The van der Waals surface area contributed by atoms with E-state index in [4.69, 9.17) is 5.84 Å². The van der Waals surface area contributed by atoms with Gasteiger partial charge in [-0.1, -0.05) is 13.3 Å². The van der Waals surface area contributed by atoms with Gasteiger partial charge >= 0.3 is 0 Å². The molecule has 0 atom stereocenters. The number of rotatable bonds is 4. The van der Waals surface area contributed by atoms with Crippen molar-refractivity contribution in [2.75, 3.05) is 43.6 Å². The number of nitrogens with one attached hydrogen (secondary N) is 1. The van der Waals surface area contributed by atoms with Gasteiger partial charge in [0.2, 0.25) is 0 Å². The fourth-order valence-electron chi connectivity index (χ4n) is 2.30. The van der Waals surface area contributed by atoms with Gasteiger partial charge in [-0.15, -0.1) is 0 Å². The first kappa shape index (κ1) is 13.0. The van der Waals surface area contributed by atoms with E-state index in [0.717, 1.165) is 56.2 Å². The molecule has 0 amide bonds. The van der Waals surface area contributed by atoms with Crippen LogP contribution in [0.1, 0.15) is 18.9 Å². The van der Waals surface area contributed by atoms with Gasteiger partial charge in [0.15, 0.2) is 0 Å². The van der Waals surface area contributed by atoms with Crippen molar-refractivity contribution in [2.24, 2.45) is 5.84 Å². The second-order valence-corrected chi connectivity index (χ2v) is 4.71. The lowest BCUT2D eigenvalue weighted by Crippen LogP contribution is -2.45. The molecule has 0 aliphatic carbocycles. The molecular formula is C12H22N6. The summed E-state index contributed by atoms with van der Waals surface area (Å²) >= 11 is 0. The Hall–Kier alpha value is -1.40. The van der Waals surface area contributed by atoms with Gasteiger partial charge in [0, 0.05) is 31.7 Å². The normalized spacial score (nSPS) is 16.9. The number of hydrogen-bond acceptors (Lipinski definition) is 6. The molecule has 1 fully saturated rings. The van der Waals surface area contributed by atoms with E-state index in [1.54, 1.807) is 6.33 Å². The van der Waals surface area contributed by atoms with E-state index in [9.17, 15) is 0 Å². The average molecular weight is 250 g/mol. The van der Waals surface area contributed by atoms with Crippen LogP contribution in [-0.4, -0.2) is 48.1 Å². The largest absolute Gasteiger partial charge is 0.354 e. The Morgan fingerprint density at radius 2 is 2.00 bits per heavy atom. The van der Waals surface area contributed by atoms with Gasteiger partial charge in [-0.3, -0.25) is 0 Å². The van der Waals surface area contributed by atoms with Crippen molar-refractivity contribution >= 4 is 11.6 Å². The Labute approximate surface area is 108 Å². The molecule has 0 bridgehead atoms. The molecule has 1 aromatic heterocycles. The van der Waals surface area contributed by atoms with Crippen LogP contribution >= 0.6 is 0 Å². The molecule has 0 radical (unpaired) electrons. The van der Waals surface area contributed by atoms with Gasteiger partial charge in [0.1, 0.15) is 18.0 Å². The van der Waals surface area contributed by atoms with Gasteiger partial charge in [0.05, 0.1) is 0 Å². The fourth-order valence-corrected chi connectivity index (χ4v) is 2.30. The number of nitrogens with zero attached hydrogens (tertiary/aromatic N) is 4. The molecule has 2 rings (SSSR count). The smallest absolute Gasteiger partial charge is 0.148 e. The number of aromatic nitrogens is 2. The highest BCUT2D eigenvalue weighted by molar-refractivity contribution is 5.58. The lowest BCUT2D eigenvalue weighted by Gasteiger charge is -2.34. The van der Waals surface area contributed by atoms with Crippen LogP contribution in [0, 0.1) is 0 Å². The summed E-state index contributed by atoms with van der Waals surface area (Å²) in [5.74, 6) is 7.32. The SMILES string of the molecule is CCCc1c(NN)ncnc1N1CCN(C)CC1. The van der Waals surface area contributed by atoms with E-state index in [0.29, 0.717) is 0 Å². The number of hydrogen-bond donors (Lipinski definition) is 2. The van der Waals surface area contributed by atoms with Crippen molar-refractivity contribution < 1.29 is 0 Å². The zero-order valence-corrected chi connectivity index (χ0v) is 11.2. The Bertz CT molecular complexity index is 386. The molecule has 0 spiro atoms. The predicted molar refractivity (Wildman–Crippen MR) is 73.5 cm³/mol. The van der Waals surface area contributed by atoms with Crippen LogP contribution in [0.4, 0.5) is 11.6 Å². The zero-order valence-electron chi connectivity index (χ0n) is 11.2. The monoisotopic (exact) mass is 250 g/mol. The van der Waals surface area contributed by atoms with Crippen molar-refractivity contribution in [3.8, 4) is 0 Å². The minimum Gasteiger partial charge on any atom is -0.354 e. The predicted octanol–water partition coefficient (Wildman–Crippen LogP) is 0.467. The number of anilines is 2. The Kier molecular flexibility index (Phi) is 4.33. The lowest BCUT2D eigenvalue weighted by molar-refractivity contribution is 0.311. The molecule has 0 unspecified atom stereocenters. The maximum absolute atomic E-state index is 5.53. The van der Waals surface area contributed by atoms with Crippen molar-refractivity contribution in [2.45, 2.75) is 19.8 Å². The number of piperazine rings is 1. The van der Waals surface area contributed by atoms with E-state index in [2.05, 4.69) is 39.2 Å². The van der Waals surface area contributed by atoms with Gasteiger partial charge in [-0.05, 0) is 13.5 Å². The second-order valence-electron chi connectivity index (χ2n) is 4.71. The number of nitrogens with two attached hydrogens (primary N) is 1. The second kappa shape index (κ2) is 5.97. The van der Waals surface area contributed by atoms with E-state index in [-0.39, 0.29) is 0 Å². The van der Waals surface area contributed by atoms with Gasteiger partial charge < -0.3 is 15.2 Å². The van der Waals surface area contributed by atoms with Gasteiger partial charge in [0.25, 0.3) is 0 Å². The molecule has 6 heteroatoms. The third-order valence-electron chi connectivity index (χ3n) is 3.36. The van der Waals surface area contributed by atoms with Crippen LogP contribution in [0.25, 0.3) is 0 Å². The van der Waals surface area contributed by atoms with Gasteiger partial charge in [-0.2, -0.15) is 0 Å². The third-order valence-corrected chi connectivity index (χ3v) is 3.36. The first-order valence-electron chi connectivity index (χ1n) is 6.50. The molecular weight excluding hydrogens is 228 g/mol. The zero-order chi connectivity index (χ0) is 13.0. The molecule has 1 saturated heterocycles. The summed E-state index contributed by atoms with van der Waals surface area (Å²) in [4.78, 5) is 13.3. The van der Waals surface area contributed by atoms with Crippen LogP contribution in [0.15, 0.2) is 6.33 Å². The van der Waals surface area contributed by atoms with Crippen molar-refractivity contribution in [3.05, 3.63) is 11.9 Å². The van der Waals surface area contributed by atoms with Crippen LogP contribution in [0.3, 0.4) is 0 Å². The minimum atomic E-state index is 0.751. The highest BCUT2D eigenvalue weighted by Gasteiger charge is 2.20. The average Bonchev–Trinajstić information content (AvgIpc) is 2.40. The summed E-state index contributed by atoms with van der Waals surface area (Å²) in [5, 5.41) is 0. The summed E-state index contributed by atoms with van der Waals surface area (Å²) in [6.45, 7) is 6.31. The highest BCUT2D eigenvalue weighted by atomic mass is 15.3. The summed E-state index contributed by atoms with van der Waals surface area (Å²) in [5.41, 5.74) is 3.81. The van der Waals surface area contributed by atoms with E-state index in [1.807, 2.05) is 0 Å². The molecule has 6 nitrogen and oxygen atoms in total. The van der Waals surface area contributed by atoms with Crippen molar-refractivity contribution in [1.82, 2.24) is 14.9 Å². The molecule has 3 N–H and O–H groups in total. The lowest BCUT2D eigenvalue weighted by atomic mass is 10.1. The Balaban J connectivity index is 2.25. The molecule has 1 aromatic rings. The van der Waals surface area contributed by atoms with E-state index in [1.165, 1.54) is 0 Å².